The van der Waals surface area contributed by atoms with E-state index in [9.17, 15) is 19.5 Å². The highest BCUT2D eigenvalue weighted by atomic mass is 16.5. The number of carbonyl (C=O) groups is 3. The van der Waals surface area contributed by atoms with Gasteiger partial charge in [-0.05, 0) is 66.1 Å². The molecule has 0 saturated heterocycles. The monoisotopic (exact) mass is 696 g/mol. The summed E-state index contributed by atoms with van der Waals surface area (Å²) in [6.45, 7) is 1.61. The van der Waals surface area contributed by atoms with Crippen molar-refractivity contribution in [3.8, 4) is 45.5 Å². The summed E-state index contributed by atoms with van der Waals surface area (Å²) in [6.07, 6.45) is 0.0445. The Bertz CT molecular complexity index is 2180. The number of benzene rings is 5. The number of para-hydroxylation sites is 1. The van der Waals surface area contributed by atoms with Crippen molar-refractivity contribution in [2.24, 2.45) is 0 Å². The van der Waals surface area contributed by atoms with Crippen LogP contribution in [-0.2, 0) is 22.6 Å². The van der Waals surface area contributed by atoms with E-state index < -0.39 is 18.4 Å². The Balaban J connectivity index is 1.08. The topological polar surface area (TPSA) is 144 Å². The number of ether oxygens (including phenoxy) is 2. The third-order valence-electron chi connectivity index (χ3n) is 8.39. The van der Waals surface area contributed by atoms with Crippen molar-refractivity contribution < 1.29 is 33.5 Å². The molecule has 2 amide bonds. The smallest absolute Gasteiger partial charge is 0.323 e. The molecule has 2 N–H and O–H groups in total. The molecule has 0 spiro atoms. The minimum Gasteiger partial charge on any atom is -0.493 e. The van der Waals surface area contributed by atoms with Crippen LogP contribution in [0, 0.1) is 6.92 Å². The van der Waals surface area contributed by atoms with Crippen LogP contribution < -0.4 is 14.8 Å². The van der Waals surface area contributed by atoms with Crippen LogP contribution in [0.25, 0.3) is 34.0 Å². The van der Waals surface area contributed by atoms with Gasteiger partial charge in [-0.3, -0.25) is 14.4 Å². The number of aliphatic carboxylic acids is 1. The Kier molecular flexibility index (Phi) is 10.7. The van der Waals surface area contributed by atoms with Crippen LogP contribution in [-0.4, -0.2) is 58.7 Å². The van der Waals surface area contributed by atoms with Crippen molar-refractivity contribution >= 4 is 23.5 Å². The first-order valence-electron chi connectivity index (χ1n) is 16.4. The number of carboxylic acid groups (broad SMARTS) is 1. The lowest BCUT2D eigenvalue weighted by Crippen LogP contribution is -2.35. The van der Waals surface area contributed by atoms with Gasteiger partial charge in [-0.2, -0.15) is 4.98 Å². The maximum absolute atomic E-state index is 13.4. The number of nitrogens with zero attached hydrogens (tertiary/aromatic N) is 3. The van der Waals surface area contributed by atoms with Crippen molar-refractivity contribution in [1.82, 2.24) is 15.0 Å². The Hall–Kier alpha value is -6.75. The molecule has 0 bridgehead atoms. The second-order valence-corrected chi connectivity index (χ2v) is 12.1. The highest BCUT2D eigenvalue weighted by Crippen LogP contribution is 2.31. The number of carboxylic acids is 1. The summed E-state index contributed by atoms with van der Waals surface area (Å²) in [5, 5.41) is 16.5. The summed E-state index contributed by atoms with van der Waals surface area (Å²) in [7, 11) is 3.04. The van der Waals surface area contributed by atoms with Gasteiger partial charge in [0.2, 0.25) is 11.7 Å². The third-order valence-corrected chi connectivity index (χ3v) is 8.39. The van der Waals surface area contributed by atoms with E-state index in [4.69, 9.17) is 14.0 Å². The normalized spacial score (nSPS) is 10.8. The summed E-state index contributed by atoms with van der Waals surface area (Å²) >= 11 is 0. The van der Waals surface area contributed by atoms with Gasteiger partial charge in [0, 0.05) is 34.5 Å². The van der Waals surface area contributed by atoms with E-state index in [0.29, 0.717) is 45.6 Å². The molecule has 0 aliphatic heterocycles. The van der Waals surface area contributed by atoms with E-state index in [-0.39, 0.29) is 24.4 Å². The molecule has 11 heteroatoms. The van der Waals surface area contributed by atoms with Gasteiger partial charge in [-0.25, -0.2) is 0 Å². The summed E-state index contributed by atoms with van der Waals surface area (Å²) in [4.78, 5) is 43.8. The Labute approximate surface area is 300 Å². The van der Waals surface area contributed by atoms with E-state index in [2.05, 4.69) is 46.6 Å². The second kappa shape index (κ2) is 15.9. The second-order valence-electron chi connectivity index (χ2n) is 12.1. The van der Waals surface area contributed by atoms with Crippen molar-refractivity contribution in [2.75, 3.05) is 26.1 Å². The number of rotatable bonds is 13. The first-order valence-corrected chi connectivity index (χ1v) is 16.4. The number of nitrogens with one attached hydrogen (secondary N) is 1. The summed E-state index contributed by atoms with van der Waals surface area (Å²) in [5.74, 6) is -0.113. The van der Waals surface area contributed by atoms with Gasteiger partial charge in [-0.15, -0.1) is 0 Å². The quantitative estimate of drug-likeness (QED) is 0.127. The largest absolute Gasteiger partial charge is 0.493 e. The maximum atomic E-state index is 13.4. The lowest BCUT2D eigenvalue weighted by atomic mass is 10.0. The number of hydrogen-bond acceptors (Lipinski definition) is 8. The number of hydrogen-bond donors (Lipinski definition) is 2. The van der Waals surface area contributed by atoms with Gasteiger partial charge in [0.25, 0.3) is 11.8 Å². The molecule has 0 saturated carbocycles. The zero-order chi connectivity index (χ0) is 36.6. The molecule has 1 heterocycles. The van der Waals surface area contributed by atoms with Gasteiger partial charge in [-0.1, -0.05) is 83.5 Å². The van der Waals surface area contributed by atoms with Crippen LogP contribution in [0.5, 0.6) is 11.5 Å². The Morgan fingerprint density at radius 3 is 2.04 bits per heavy atom. The van der Waals surface area contributed by atoms with Crippen LogP contribution in [0.15, 0.2) is 120 Å². The standard InChI is InChI=1S/C41H36N4O7/c1-26-7-11-28(12-8-26)29-15-17-31(18-16-29)40-43-39(44-52-40)30-13-9-27(10-14-30)24-45(25-37(47)48)41(49)32-19-21-34(22-20-32)42-36(46)23-33-5-4-6-35(50-2)38(33)51-3/h4-22H,23-25H2,1-3H3,(H,42,46)(H,47,48). The SMILES string of the molecule is COc1cccc(CC(=O)Nc2ccc(C(=O)N(CC(=O)O)Cc3ccc(-c4noc(-c5ccc(-c6ccc(C)cc6)cc5)n4)cc3)cc2)c1OC. The number of amides is 2. The predicted octanol–water partition coefficient (Wildman–Crippen LogP) is 7.30. The van der Waals surface area contributed by atoms with Crippen LogP contribution in [0.3, 0.4) is 0 Å². The van der Waals surface area contributed by atoms with E-state index in [1.807, 2.05) is 24.3 Å². The molecule has 0 atom stereocenters. The lowest BCUT2D eigenvalue weighted by molar-refractivity contribution is -0.137. The van der Waals surface area contributed by atoms with E-state index >= 15 is 0 Å². The summed E-state index contributed by atoms with van der Waals surface area (Å²) in [6, 6.07) is 35.0. The molecular weight excluding hydrogens is 660 g/mol. The van der Waals surface area contributed by atoms with E-state index in [1.165, 1.54) is 24.7 Å². The fourth-order valence-electron chi connectivity index (χ4n) is 5.70. The minimum absolute atomic E-state index is 0.0445. The number of methoxy groups -OCH3 is 2. The fraction of sp³-hybridized carbons (Fsp3) is 0.146. The van der Waals surface area contributed by atoms with E-state index in [0.717, 1.165) is 16.7 Å². The van der Waals surface area contributed by atoms with Crippen molar-refractivity contribution in [2.45, 2.75) is 19.9 Å². The van der Waals surface area contributed by atoms with E-state index in [1.54, 1.807) is 66.7 Å². The molecule has 6 aromatic rings. The molecule has 0 aliphatic rings. The average molecular weight is 697 g/mol. The average Bonchev–Trinajstić information content (AvgIpc) is 3.65. The minimum atomic E-state index is -1.15. The number of anilines is 1. The molecule has 11 nitrogen and oxygen atoms in total. The van der Waals surface area contributed by atoms with Crippen molar-refractivity contribution in [3.63, 3.8) is 0 Å². The van der Waals surface area contributed by atoms with Crippen molar-refractivity contribution in [1.29, 1.82) is 0 Å². The predicted molar refractivity (Wildman–Crippen MR) is 196 cm³/mol. The molecule has 6 rings (SSSR count). The molecule has 0 unspecified atom stereocenters. The molecule has 0 aliphatic carbocycles. The first kappa shape index (κ1) is 35.1. The molecule has 1 aromatic heterocycles. The van der Waals surface area contributed by atoms with Gasteiger partial charge in [0.1, 0.15) is 6.54 Å². The zero-order valence-corrected chi connectivity index (χ0v) is 28.8. The summed E-state index contributed by atoms with van der Waals surface area (Å²) < 4.78 is 16.3. The maximum Gasteiger partial charge on any atom is 0.323 e. The van der Waals surface area contributed by atoms with Gasteiger partial charge >= 0.3 is 5.97 Å². The molecule has 52 heavy (non-hydrogen) atoms. The van der Waals surface area contributed by atoms with Crippen LogP contribution in [0.1, 0.15) is 27.0 Å². The fourth-order valence-corrected chi connectivity index (χ4v) is 5.70. The highest BCUT2D eigenvalue weighted by Gasteiger charge is 2.20. The molecular formula is C41H36N4O7. The third kappa shape index (κ3) is 8.33. The Morgan fingerprint density at radius 1 is 0.769 bits per heavy atom. The molecule has 262 valence electrons. The highest BCUT2D eigenvalue weighted by molar-refractivity contribution is 5.97. The van der Waals surface area contributed by atoms with Gasteiger partial charge in [0.05, 0.1) is 20.6 Å². The molecule has 0 radical (unpaired) electrons. The number of carbonyl (C=O) groups excluding carboxylic acids is 2. The van der Waals surface area contributed by atoms with Crippen LogP contribution in [0.4, 0.5) is 5.69 Å². The number of aryl methyl sites for hydroxylation is 1. The van der Waals surface area contributed by atoms with Gasteiger partial charge < -0.3 is 29.3 Å². The lowest BCUT2D eigenvalue weighted by Gasteiger charge is -2.21. The number of aromatic nitrogens is 2. The molecule has 5 aromatic carbocycles. The Morgan fingerprint density at radius 2 is 1.40 bits per heavy atom. The first-order chi connectivity index (χ1) is 25.2. The van der Waals surface area contributed by atoms with Crippen molar-refractivity contribution in [3.05, 3.63) is 138 Å². The molecule has 0 fully saturated rings. The van der Waals surface area contributed by atoms with Gasteiger partial charge in [0.15, 0.2) is 11.5 Å². The summed E-state index contributed by atoms with van der Waals surface area (Å²) in [5.41, 5.74) is 7.02. The van der Waals surface area contributed by atoms with Crippen LogP contribution >= 0.6 is 0 Å². The van der Waals surface area contributed by atoms with Crippen LogP contribution in [0.2, 0.25) is 0 Å². The zero-order valence-electron chi connectivity index (χ0n) is 28.8.